The van der Waals surface area contributed by atoms with Crippen LogP contribution in [0.25, 0.3) is 0 Å². The molecule has 5 rings (SSSR count). The van der Waals surface area contributed by atoms with Crippen LogP contribution in [0.4, 0.5) is 16.2 Å². The van der Waals surface area contributed by atoms with Crippen LogP contribution in [-0.2, 0) is 20.8 Å². The van der Waals surface area contributed by atoms with Crippen molar-refractivity contribution in [2.75, 3.05) is 43.6 Å². The Hall–Kier alpha value is -3.69. The highest BCUT2D eigenvalue weighted by atomic mass is 16.5. The van der Waals surface area contributed by atoms with E-state index in [9.17, 15) is 14.4 Å². The Labute approximate surface area is 278 Å². The number of hydrogen-bond donors (Lipinski definition) is 2. The average Bonchev–Trinajstić information content (AvgIpc) is 3.11. The molecule has 1 amide bonds. The molecule has 2 fully saturated rings. The van der Waals surface area contributed by atoms with Crippen molar-refractivity contribution < 1.29 is 19.0 Å². The summed E-state index contributed by atoms with van der Waals surface area (Å²) in [7, 11) is 1.69. The third-order valence-corrected chi connectivity index (χ3v) is 10.3. The first-order valence-electron chi connectivity index (χ1n) is 17.3. The van der Waals surface area contributed by atoms with E-state index in [2.05, 4.69) is 27.7 Å². The van der Waals surface area contributed by atoms with Crippen molar-refractivity contribution in [2.45, 2.75) is 89.5 Å². The fraction of sp³-hybridized carbons (Fsp3) is 0.553. The first-order chi connectivity index (χ1) is 22.8. The summed E-state index contributed by atoms with van der Waals surface area (Å²) in [5.74, 6) is 0.344. The van der Waals surface area contributed by atoms with Gasteiger partial charge >= 0.3 is 6.09 Å². The van der Waals surface area contributed by atoms with E-state index in [0.717, 1.165) is 56.1 Å². The first kappa shape index (κ1) is 34.6. The van der Waals surface area contributed by atoms with Crippen molar-refractivity contribution in [3.05, 3.63) is 92.2 Å². The van der Waals surface area contributed by atoms with Crippen LogP contribution in [0.5, 0.6) is 0 Å². The molecule has 254 valence electrons. The number of rotatable bonds is 15. The number of benzene rings is 2. The number of ether oxygens (including phenoxy) is 3. The second kappa shape index (κ2) is 16.4. The number of nitrogens with one attached hydrogen (secondary N) is 2. The molecule has 2 N–H and O–H groups in total. The number of amides is 1. The second-order valence-electron chi connectivity index (χ2n) is 13.4. The van der Waals surface area contributed by atoms with E-state index in [1.54, 1.807) is 7.11 Å². The number of hydrogen-bond acceptors (Lipinski definition) is 8. The second-order valence-corrected chi connectivity index (χ2v) is 13.4. The van der Waals surface area contributed by atoms with Gasteiger partial charge in [0.25, 0.3) is 10.9 Å². The Morgan fingerprint density at radius 1 is 0.936 bits per heavy atom. The van der Waals surface area contributed by atoms with Crippen molar-refractivity contribution in [3.8, 4) is 0 Å². The van der Waals surface area contributed by atoms with Crippen LogP contribution >= 0.6 is 0 Å². The van der Waals surface area contributed by atoms with Gasteiger partial charge in [-0.25, -0.2) is 4.79 Å². The Balaban J connectivity index is 1.32. The minimum atomic E-state index is -0.704. The number of nitrogens with zero attached hydrogens (tertiary/aromatic N) is 1. The van der Waals surface area contributed by atoms with E-state index >= 15 is 0 Å². The summed E-state index contributed by atoms with van der Waals surface area (Å²) < 4.78 is 17.3. The summed E-state index contributed by atoms with van der Waals surface area (Å²) in [6.45, 7) is 6.72. The van der Waals surface area contributed by atoms with Crippen LogP contribution in [0, 0.1) is 11.8 Å². The Kier molecular flexibility index (Phi) is 12.1. The lowest BCUT2D eigenvalue weighted by molar-refractivity contribution is -0.00235. The van der Waals surface area contributed by atoms with Crippen molar-refractivity contribution >= 4 is 17.5 Å². The smallest absolute Gasteiger partial charge is 0.407 e. The van der Waals surface area contributed by atoms with E-state index in [1.807, 2.05) is 62.4 Å². The highest BCUT2D eigenvalue weighted by Crippen LogP contribution is 2.38. The van der Waals surface area contributed by atoms with Crippen LogP contribution in [-0.4, -0.2) is 51.1 Å². The van der Waals surface area contributed by atoms with Crippen LogP contribution < -0.4 is 26.4 Å². The molecule has 1 heterocycles. The topological polar surface area (TPSA) is 106 Å². The van der Waals surface area contributed by atoms with Gasteiger partial charge in [-0.3, -0.25) is 9.59 Å². The highest BCUT2D eigenvalue weighted by Gasteiger charge is 2.43. The van der Waals surface area contributed by atoms with Crippen LogP contribution in [0.1, 0.15) is 82.4 Å². The molecule has 47 heavy (non-hydrogen) atoms. The van der Waals surface area contributed by atoms with Gasteiger partial charge in [0.1, 0.15) is 18.0 Å². The van der Waals surface area contributed by atoms with E-state index in [0.29, 0.717) is 37.7 Å². The van der Waals surface area contributed by atoms with Crippen molar-refractivity contribution in [3.63, 3.8) is 0 Å². The molecule has 0 radical (unpaired) electrons. The summed E-state index contributed by atoms with van der Waals surface area (Å²) in [5, 5.41) is 6.63. The van der Waals surface area contributed by atoms with E-state index in [-0.39, 0.29) is 30.6 Å². The molecule has 2 unspecified atom stereocenters. The third kappa shape index (κ3) is 8.43. The third-order valence-electron chi connectivity index (χ3n) is 10.3. The van der Waals surface area contributed by atoms with Gasteiger partial charge in [-0.1, -0.05) is 79.9 Å². The standard InChI is InChI=1S/C38H51N3O6/c1-27(38(2,31-20-11-6-12-21-31)40-37(44)47-26-28-15-7-4-8-16-28)39-32-33(35(43)34(32)42)41-22-13-19-30(25-41)36(46-24-14-23-45-3)29-17-9-5-10-18-29/h4-5,7-10,15-18,27,30-31,36,39H,6,11-14,19-26H2,1-3H3,(H,40,44)/t27-,30-,36?,38?/m0/s1. The molecular weight excluding hydrogens is 594 g/mol. The predicted octanol–water partition coefficient (Wildman–Crippen LogP) is 6.36. The zero-order chi connectivity index (χ0) is 33.2. The van der Waals surface area contributed by atoms with Crippen LogP contribution in [0.3, 0.4) is 0 Å². The minimum absolute atomic E-state index is 0.127. The summed E-state index contributed by atoms with van der Waals surface area (Å²) in [6, 6.07) is 19.5. The normalized spacial score (nSPS) is 19.9. The zero-order valence-electron chi connectivity index (χ0n) is 28.2. The molecule has 1 aliphatic heterocycles. The fourth-order valence-electron chi connectivity index (χ4n) is 7.45. The quantitative estimate of drug-likeness (QED) is 0.145. The molecule has 0 spiro atoms. The van der Waals surface area contributed by atoms with Gasteiger partial charge in [0.05, 0.1) is 11.6 Å². The number of anilines is 2. The van der Waals surface area contributed by atoms with Gasteiger partial charge in [-0.2, -0.15) is 0 Å². The Bertz CT molecular complexity index is 1480. The van der Waals surface area contributed by atoms with Crippen LogP contribution in [0.2, 0.25) is 0 Å². The van der Waals surface area contributed by atoms with E-state index < -0.39 is 22.5 Å². The van der Waals surface area contributed by atoms with Gasteiger partial charge in [0, 0.05) is 45.4 Å². The molecule has 1 saturated heterocycles. The number of methoxy groups -OCH3 is 1. The van der Waals surface area contributed by atoms with Gasteiger partial charge in [-0.05, 0) is 63.0 Å². The van der Waals surface area contributed by atoms with E-state index in [4.69, 9.17) is 14.2 Å². The molecule has 3 aromatic rings. The monoisotopic (exact) mass is 645 g/mol. The van der Waals surface area contributed by atoms with Gasteiger partial charge in [-0.15, -0.1) is 0 Å². The lowest BCUT2D eigenvalue weighted by Crippen LogP contribution is -2.62. The number of carbonyl (C=O) groups is 1. The van der Waals surface area contributed by atoms with Crippen molar-refractivity contribution in [2.24, 2.45) is 11.8 Å². The molecule has 4 atom stereocenters. The summed E-state index contributed by atoms with van der Waals surface area (Å²) in [4.78, 5) is 41.6. The van der Waals surface area contributed by atoms with Gasteiger partial charge < -0.3 is 29.7 Å². The maximum Gasteiger partial charge on any atom is 0.407 e. The number of piperidine rings is 1. The Morgan fingerprint density at radius 3 is 2.34 bits per heavy atom. The molecule has 9 nitrogen and oxygen atoms in total. The molecule has 0 aromatic heterocycles. The molecule has 9 heteroatoms. The summed E-state index contributed by atoms with van der Waals surface area (Å²) in [5.41, 5.74) is 1.18. The largest absolute Gasteiger partial charge is 0.445 e. The fourth-order valence-corrected chi connectivity index (χ4v) is 7.45. The predicted molar refractivity (Wildman–Crippen MR) is 186 cm³/mol. The SMILES string of the molecule is COCCCOC(c1ccccc1)[C@H]1CCCN(c2c(N[C@@H](C)C(C)(NC(=O)OCc3ccccc3)C3CCCCC3)c(=O)c2=O)C1. The molecular formula is C38H51N3O6. The average molecular weight is 646 g/mol. The minimum Gasteiger partial charge on any atom is -0.445 e. The number of alkyl carbamates (subject to hydrolysis) is 1. The molecule has 1 saturated carbocycles. The maximum atomic E-state index is 13.2. The van der Waals surface area contributed by atoms with Gasteiger partial charge in [0.2, 0.25) is 0 Å². The summed E-state index contributed by atoms with van der Waals surface area (Å²) in [6.07, 6.45) is 7.32. The van der Waals surface area contributed by atoms with E-state index in [1.165, 1.54) is 6.42 Å². The molecule has 2 aliphatic rings. The summed E-state index contributed by atoms with van der Waals surface area (Å²) >= 11 is 0. The number of carbonyl (C=O) groups excluding carboxylic acids is 1. The Morgan fingerprint density at radius 2 is 1.64 bits per heavy atom. The van der Waals surface area contributed by atoms with Crippen LogP contribution in [0.15, 0.2) is 70.3 Å². The van der Waals surface area contributed by atoms with Gasteiger partial charge in [0.15, 0.2) is 0 Å². The molecule has 1 aliphatic carbocycles. The van der Waals surface area contributed by atoms with Crippen molar-refractivity contribution in [1.29, 1.82) is 0 Å². The zero-order valence-corrected chi connectivity index (χ0v) is 28.2. The lowest BCUT2D eigenvalue weighted by atomic mass is 9.72. The lowest BCUT2D eigenvalue weighted by Gasteiger charge is -2.45. The molecule has 0 bridgehead atoms. The highest BCUT2D eigenvalue weighted by molar-refractivity contribution is 5.76. The van der Waals surface area contributed by atoms with Crippen molar-refractivity contribution in [1.82, 2.24) is 5.32 Å². The maximum absolute atomic E-state index is 13.2. The molecule has 3 aromatic carbocycles. The first-order valence-corrected chi connectivity index (χ1v) is 17.3.